The fourth-order valence-electron chi connectivity index (χ4n) is 1.37. The number of rotatable bonds is 7. The predicted molar refractivity (Wildman–Crippen MR) is 64.3 cm³/mol. The van der Waals surface area contributed by atoms with Gasteiger partial charge in [-0.1, -0.05) is 6.92 Å². The fraction of sp³-hybridized carbons (Fsp3) is 0.700. The Morgan fingerprint density at radius 1 is 1.53 bits per heavy atom. The third-order valence-corrected chi connectivity index (χ3v) is 4.22. The molecule has 7 heteroatoms. The normalized spacial score (nSPS) is 12.2. The number of ether oxygens (including phenoxy) is 1. The Kier molecular flexibility index (Phi) is 5.10. The third kappa shape index (κ3) is 3.52. The standard InChI is InChI=1S/C10H19N3O3S/c1-4-9-11-8-10(12-9)17(14,15)13(2)6-5-7-16-3/h8H,4-7H2,1-3H3,(H,11,12). The molecule has 0 aromatic carbocycles. The van der Waals surface area contributed by atoms with Crippen molar-refractivity contribution >= 4 is 10.0 Å². The van der Waals surface area contributed by atoms with Crippen LogP contribution >= 0.6 is 0 Å². The molecule has 0 radical (unpaired) electrons. The van der Waals surface area contributed by atoms with Gasteiger partial charge in [0.05, 0.1) is 6.20 Å². The average molecular weight is 261 g/mol. The summed E-state index contributed by atoms with van der Waals surface area (Å²) < 4.78 is 30.3. The van der Waals surface area contributed by atoms with E-state index in [0.717, 1.165) is 0 Å². The van der Waals surface area contributed by atoms with Crippen LogP contribution in [-0.4, -0.2) is 50.0 Å². The van der Waals surface area contributed by atoms with Crippen molar-refractivity contribution in [2.75, 3.05) is 27.3 Å². The molecule has 6 nitrogen and oxygen atoms in total. The number of sulfonamides is 1. The summed E-state index contributed by atoms with van der Waals surface area (Å²) in [4.78, 5) is 6.80. The van der Waals surface area contributed by atoms with E-state index in [0.29, 0.717) is 31.8 Å². The third-order valence-electron chi connectivity index (χ3n) is 2.45. The maximum atomic E-state index is 12.1. The summed E-state index contributed by atoms with van der Waals surface area (Å²) in [6.45, 7) is 2.89. The van der Waals surface area contributed by atoms with Crippen LogP contribution in [0.2, 0.25) is 0 Å². The molecule has 1 heterocycles. The lowest BCUT2D eigenvalue weighted by molar-refractivity contribution is 0.189. The molecule has 1 N–H and O–H groups in total. The van der Waals surface area contributed by atoms with Crippen LogP contribution in [-0.2, 0) is 21.2 Å². The summed E-state index contributed by atoms with van der Waals surface area (Å²) in [7, 11) is -0.302. The predicted octanol–water partition coefficient (Wildman–Crippen LogP) is 0.629. The fourth-order valence-corrected chi connectivity index (χ4v) is 2.51. The van der Waals surface area contributed by atoms with Gasteiger partial charge in [-0.25, -0.2) is 13.4 Å². The van der Waals surface area contributed by atoms with Crippen LogP contribution in [0.4, 0.5) is 0 Å². The Labute approximate surface area is 102 Å². The second kappa shape index (κ2) is 6.13. The zero-order valence-electron chi connectivity index (χ0n) is 10.4. The van der Waals surface area contributed by atoms with E-state index in [9.17, 15) is 8.42 Å². The number of hydrogen-bond acceptors (Lipinski definition) is 4. The first-order valence-corrected chi connectivity index (χ1v) is 6.95. The van der Waals surface area contributed by atoms with Gasteiger partial charge in [-0.05, 0) is 6.42 Å². The largest absolute Gasteiger partial charge is 0.385 e. The van der Waals surface area contributed by atoms with E-state index in [1.807, 2.05) is 6.92 Å². The van der Waals surface area contributed by atoms with E-state index < -0.39 is 10.0 Å². The van der Waals surface area contributed by atoms with Crippen molar-refractivity contribution in [3.63, 3.8) is 0 Å². The monoisotopic (exact) mass is 261 g/mol. The van der Waals surface area contributed by atoms with Crippen LogP contribution in [0.3, 0.4) is 0 Å². The highest BCUT2D eigenvalue weighted by Gasteiger charge is 2.22. The van der Waals surface area contributed by atoms with Gasteiger partial charge in [-0.15, -0.1) is 0 Å². The summed E-state index contributed by atoms with van der Waals surface area (Å²) >= 11 is 0. The number of imidazole rings is 1. The second-order valence-corrected chi connectivity index (χ2v) is 5.73. The molecule has 98 valence electrons. The summed E-state index contributed by atoms with van der Waals surface area (Å²) in [5.41, 5.74) is 0. The highest BCUT2D eigenvalue weighted by molar-refractivity contribution is 7.89. The van der Waals surface area contributed by atoms with Crippen molar-refractivity contribution in [1.82, 2.24) is 14.3 Å². The van der Waals surface area contributed by atoms with Crippen LogP contribution in [0.5, 0.6) is 0 Å². The zero-order valence-corrected chi connectivity index (χ0v) is 11.2. The van der Waals surface area contributed by atoms with Crippen molar-refractivity contribution in [3.8, 4) is 0 Å². The number of nitrogens with zero attached hydrogens (tertiary/aromatic N) is 2. The lowest BCUT2D eigenvalue weighted by atomic mass is 10.5. The van der Waals surface area contributed by atoms with Gasteiger partial charge in [0.1, 0.15) is 5.82 Å². The molecule has 0 atom stereocenters. The Morgan fingerprint density at radius 3 is 2.76 bits per heavy atom. The molecule has 1 rings (SSSR count). The minimum absolute atomic E-state index is 0.147. The van der Waals surface area contributed by atoms with Gasteiger partial charge in [0.25, 0.3) is 10.0 Å². The number of nitrogens with one attached hydrogen (secondary N) is 1. The zero-order chi connectivity index (χ0) is 12.9. The summed E-state index contributed by atoms with van der Waals surface area (Å²) in [5, 5.41) is 0.147. The summed E-state index contributed by atoms with van der Waals surface area (Å²) in [6.07, 6.45) is 2.71. The first kappa shape index (κ1) is 14.1. The van der Waals surface area contributed by atoms with Crippen LogP contribution < -0.4 is 0 Å². The number of H-pyrrole nitrogens is 1. The topological polar surface area (TPSA) is 75.3 Å². The first-order valence-electron chi connectivity index (χ1n) is 5.51. The first-order chi connectivity index (χ1) is 8.02. The average Bonchev–Trinajstić information content (AvgIpc) is 2.78. The minimum Gasteiger partial charge on any atom is -0.385 e. The van der Waals surface area contributed by atoms with Crippen LogP contribution in [0.1, 0.15) is 19.2 Å². The lowest BCUT2D eigenvalue weighted by Gasteiger charge is -2.15. The molecule has 0 aliphatic carbocycles. The van der Waals surface area contributed by atoms with E-state index in [-0.39, 0.29) is 5.03 Å². The van der Waals surface area contributed by atoms with Crippen LogP contribution in [0.25, 0.3) is 0 Å². The molecule has 0 saturated heterocycles. The van der Waals surface area contributed by atoms with Gasteiger partial charge >= 0.3 is 0 Å². The van der Waals surface area contributed by atoms with Crippen LogP contribution in [0, 0.1) is 0 Å². The molecule has 1 aromatic rings. The highest BCUT2D eigenvalue weighted by atomic mass is 32.2. The van der Waals surface area contributed by atoms with Gasteiger partial charge in [-0.2, -0.15) is 4.31 Å². The molecule has 0 saturated carbocycles. The molecule has 0 amide bonds. The summed E-state index contributed by atoms with van der Waals surface area (Å²) in [6, 6.07) is 0. The molecule has 0 unspecified atom stereocenters. The molecule has 1 aromatic heterocycles. The Hall–Kier alpha value is -0.920. The Bertz CT molecular complexity index is 441. The van der Waals surface area contributed by atoms with Crippen molar-refractivity contribution < 1.29 is 13.2 Å². The quantitative estimate of drug-likeness (QED) is 0.730. The van der Waals surface area contributed by atoms with Crippen molar-refractivity contribution in [3.05, 3.63) is 12.0 Å². The number of aryl methyl sites for hydroxylation is 1. The van der Waals surface area contributed by atoms with Gasteiger partial charge in [0, 0.05) is 33.7 Å². The molecule has 0 fully saturated rings. The summed E-state index contributed by atoms with van der Waals surface area (Å²) in [5.74, 6) is 0.675. The molecule has 0 aliphatic rings. The molecular formula is C10H19N3O3S. The van der Waals surface area contributed by atoms with Crippen LogP contribution in [0.15, 0.2) is 11.2 Å². The maximum absolute atomic E-state index is 12.1. The highest BCUT2D eigenvalue weighted by Crippen LogP contribution is 2.12. The Morgan fingerprint density at radius 2 is 2.24 bits per heavy atom. The van der Waals surface area contributed by atoms with E-state index >= 15 is 0 Å². The van der Waals surface area contributed by atoms with E-state index in [2.05, 4.69) is 9.97 Å². The van der Waals surface area contributed by atoms with Gasteiger partial charge in [0.2, 0.25) is 0 Å². The number of methoxy groups -OCH3 is 1. The smallest absolute Gasteiger partial charge is 0.259 e. The number of aromatic amines is 1. The molecular weight excluding hydrogens is 242 g/mol. The molecule has 0 aliphatic heterocycles. The van der Waals surface area contributed by atoms with Crippen molar-refractivity contribution in [2.24, 2.45) is 0 Å². The molecule has 0 spiro atoms. The van der Waals surface area contributed by atoms with Gasteiger partial charge < -0.3 is 9.72 Å². The number of aromatic nitrogens is 2. The van der Waals surface area contributed by atoms with Crippen molar-refractivity contribution in [2.45, 2.75) is 24.8 Å². The maximum Gasteiger partial charge on any atom is 0.259 e. The lowest BCUT2D eigenvalue weighted by Crippen LogP contribution is -2.28. The number of hydrogen-bond donors (Lipinski definition) is 1. The molecule has 0 bridgehead atoms. The minimum atomic E-state index is -3.45. The SMILES string of the molecule is CCc1ncc(S(=O)(=O)N(C)CCCOC)[nH]1. The van der Waals surface area contributed by atoms with Gasteiger partial charge in [0.15, 0.2) is 5.03 Å². The van der Waals surface area contributed by atoms with Crippen molar-refractivity contribution in [1.29, 1.82) is 0 Å². The molecule has 17 heavy (non-hydrogen) atoms. The Balaban J connectivity index is 2.73. The van der Waals surface area contributed by atoms with E-state index in [1.165, 1.54) is 10.5 Å². The van der Waals surface area contributed by atoms with Gasteiger partial charge in [-0.3, -0.25) is 0 Å². The van der Waals surface area contributed by atoms with E-state index in [4.69, 9.17) is 4.74 Å². The second-order valence-electron chi connectivity index (χ2n) is 3.72. The van der Waals surface area contributed by atoms with E-state index in [1.54, 1.807) is 14.2 Å².